The molecule has 2 aromatic rings. The van der Waals surface area contributed by atoms with E-state index in [-0.39, 0.29) is 6.04 Å². The first-order valence-electron chi connectivity index (χ1n) is 6.37. The number of rotatable bonds is 4. The highest BCUT2D eigenvalue weighted by atomic mass is 14.9. The van der Waals surface area contributed by atoms with E-state index in [2.05, 4.69) is 29.0 Å². The smallest absolute Gasteiger partial charge is 0.145 e. The van der Waals surface area contributed by atoms with Gasteiger partial charge in [-0.05, 0) is 19.4 Å². The SMILES string of the molecule is CCCC(N)c1nc(C)cc(-c2ccccc2)n1. The molecule has 1 atom stereocenters. The van der Waals surface area contributed by atoms with Gasteiger partial charge in [0.15, 0.2) is 0 Å². The maximum atomic E-state index is 6.10. The molecule has 0 aliphatic carbocycles. The van der Waals surface area contributed by atoms with Gasteiger partial charge in [0.1, 0.15) is 5.82 Å². The molecule has 2 N–H and O–H groups in total. The summed E-state index contributed by atoms with van der Waals surface area (Å²) < 4.78 is 0. The minimum absolute atomic E-state index is 0.0719. The lowest BCUT2D eigenvalue weighted by Crippen LogP contribution is -2.14. The Bertz CT molecular complexity index is 508. The molecule has 0 bridgehead atoms. The molecule has 0 amide bonds. The van der Waals surface area contributed by atoms with E-state index in [1.165, 1.54) is 0 Å². The molecule has 0 saturated heterocycles. The van der Waals surface area contributed by atoms with Crippen LogP contribution in [0.15, 0.2) is 36.4 Å². The van der Waals surface area contributed by atoms with Gasteiger partial charge in [0.25, 0.3) is 0 Å². The van der Waals surface area contributed by atoms with E-state index < -0.39 is 0 Å². The third kappa shape index (κ3) is 2.93. The van der Waals surface area contributed by atoms with Gasteiger partial charge in [-0.25, -0.2) is 9.97 Å². The van der Waals surface area contributed by atoms with Crippen LogP contribution in [0.5, 0.6) is 0 Å². The molecule has 3 heteroatoms. The third-order valence-electron chi connectivity index (χ3n) is 2.87. The first-order chi connectivity index (χ1) is 8.70. The van der Waals surface area contributed by atoms with Crippen molar-refractivity contribution in [3.8, 4) is 11.3 Å². The van der Waals surface area contributed by atoms with Gasteiger partial charge in [0.05, 0.1) is 11.7 Å². The van der Waals surface area contributed by atoms with E-state index in [4.69, 9.17) is 5.73 Å². The molecule has 1 aromatic carbocycles. The zero-order valence-corrected chi connectivity index (χ0v) is 10.9. The summed E-state index contributed by atoms with van der Waals surface area (Å²) in [6.07, 6.45) is 1.96. The molecule has 0 spiro atoms. The summed E-state index contributed by atoms with van der Waals surface area (Å²) in [6.45, 7) is 4.10. The third-order valence-corrected chi connectivity index (χ3v) is 2.87. The van der Waals surface area contributed by atoms with Crippen LogP contribution in [0.1, 0.15) is 37.3 Å². The highest BCUT2D eigenvalue weighted by Crippen LogP contribution is 2.20. The van der Waals surface area contributed by atoms with Crippen LogP contribution in [0.3, 0.4) is 0 Å². The topological polar surface area (TPSA) is 51.8 Å². The van der Waals surface area contributed by atoms with Crippen LogP contribution in [0.4, 0.5) is 0 Å². The van der Waals surface area contributed by atoms with Crippen molar-refractivity contribution < 1.29 is 0 Å². The van der Waals surface area contributed by atoms with E-state index in [1.54, 1.807) is 0 Å². The standard InChI is InChI=1S/C15H19N3/c1-3-7-13(16)15-17-11(2)10-14(18-15)12-8-5-4-6-9-12/h4-6,8-10,13H,3,7,16H2,1-2H3. The Balaban J connectivity index is 2.38. The summed E-state index contributed by atoms with van der Waals surface area (Å²) in [7, 11) is 0. The monoisotopic (exact) mass is 241 g/mol. The molecule has 0 aliphatic heterocycles. The number of benzene rings is 1. The maximum absolute atomic E-state index is 6.10. The van der Waals surface area contributed by atoms with Gasteiger partial charge < -0.3 is 5.73 Å². The van der Waals surface area contributed by atoms with Gasteiger partial charge in [0.2, 0.25) is 0 Å². The highest BCUT2D eigenvalue weighted by Gasteiger charge is 2.11. The van der Waals surface area contributed by atoms with Crippen LogP contribution in [0.25, 0.3) is 11.3 Å². The fraction of sp³-hybridized carbons (Fsp3) is 0.333. The number of aromatic nitrogens is 2. The first-order valence-corrected chi connectivity index (χ1v) is 6.37. The van der Waals surface area contributed by atoms with E-state index in [0.717, 1.165) is 35.6 Å². The van der Waals surface area contributed by atoms with Crippen molar-refractivity contribution in [2.75, 3.05) is 0 Å². The molecule has 0 aliphatic rings. The second kappa shape index (κ2) is 5.74. The Kier molecular flexibility index (Phi) is 4.05. The number of aryl methyl sites for hydroxylation is 1. The number of nitrogens with zero attached hydrogens (tertiary/aromatic N) is 2. The molecule has 0 saturated carbocycles. The Morgan fingerprint density at radius 1 is 1.17 bits per heavy atom. The van der Waals surface area contributed by atoms with Crippen molar-refractivity contribution in [2.45, 2.75) is 32.7 Å². The zero-order chi connectivity index (χ0) is 13.0. The second-order valence-electron chi connectivity index (χ2n) is 4.51. The van der Waals surface area contributed by atoms with Gasteiger partial charge in [0, 0.05) is 11.3 Å². The Hall–Kier alpha value is -1.74. The Morgan fingerprint density at radius 2 is 1.89 bits per heavy atom. The van der Waals surface area contributed by atoms with Gasteiger partial charge in [-0.3, -0.25) is 0 Å². The highest BCUT2D eigenvalue weighted by molar-refractivity contribution is 5.59. The van der Waals surface area contributed by atoms with Crippen molar-refractivity contribution in [2.24, 2.45) is 5.73 Å². The average Bonchev–Trinajstić information content (AvgIpc) is 2.39. The minimum Gasteiger partial charge on any atom is -0.321 e. The van der Waals surface area contributed by atoms with Gasteiger partial charge in [-0.2, -0.15) is 0 Å². The molecule has 1 unspecified atom stereocenters. The molecular weight excluding hydrogens is 222 g/mol. The van der Waals surface area contributed by atoms with Crippen LogP contribution in [-0.2, 0) is 0 Å². The fourth-order valence-corrected chi connectivity index (χ4v) is 1.95. The van der Waals surface area contributed by atoms with Crippen molar-refractivity contribution >= 4 is 0 Å². The fourth-order valence-electron chi connectivity index (χ4n) is 1.95. The molecule has 18 heavy (non-hydrogen) atoms. The second-order valence-corrected chi connectivity index (χ2v) is 4.51. The van der Waals surface area contributed by atoms with E-state index in [0.29, 0.717) is 0 Å². The van der Waals surface area contributed by atoms with Crippen molar-refractivity contribution in [1.29, 1.82) is 0 Å². The molecule has 1 aromatic heterocycles. The summed E-state index contributed by atoms with van der Waals surface area (Å²) in [5.74, 6) is 0.746. The lowest BCUT2D eigenvalue weighted by atomic mass is 10.1. The van der Waals surface area contributed by atoms with Crippen LogP contribution in [-0.4, -0.2) is 9.97 Å². The molecule has 1 heterocycles. The van der Waals surface area contributed by atoms with Crippen LogP contribution in [0.2, 0.25) is 0 Å². The van der Waals surface area contributed by atoms with E-state index in [1.807, 2.05) is 31.2 Å². The summed E-state index contributed by atoms with van der Waals surface area (Å²) in [5.41, 5.74) is 9.11. The van der Waals surface area contributed by atoms with Gasteiger partial charge in [-0.1, -0.05) is 43.7 Å². The molecule has 94 valence electrons. The average molecular weight is 241 g/mol. The molecular formula is C15H19N3. The van der Waals surface area contributed by atoms with Crippen molar-refractivity contribution in [1.82, 2.24) is 9.97 Å². The van der Waals surface area contributed by atoms with Crippen LogP contribution < -0.4 is 5.73 Å². The van der Waals surface area contributed by atoms with Crippen molar-refractivity contribution in [3.05, 3.63) is 47.9 Å². The summed E-state index contributed by atoms with van der Waals surface area (Å²) in [6, 6.07) is 12.1. The summed E-state index contributed by atoms with van der Waals surface area (Å²) >= 11 is 0. The largest absolute Gasteiger partial charge is 0.321 e. The van der Waals surface area contributed by atoms with Gasteiger partial charge in [-0.15, -0.1) is 0 Å². The summed E-state index contributed by atoms with van der Waals surface area (Å²) in [4.78, 5) is 9.03. The number of hydrogen-bond acceptors (Lipinski definition) is 3. The minimum atomic E-state index is -0.0719. The van der Waals surface area contributed by atoms with Crippen LogP contribution >= 0.6 is 0 Å². The predicted molar refractivity (Wildman–Crippen MR) is 74.0 cm³/mol. The normalized spacial score (nSPS) is 12.4. The van der Waals surface area contributed by atoms with E-state index >= 15 is 0 Å². The summed E-state index contributed by atoms with van der Waals surface area (Å²) in [5, 5.41) is 0. The van der Waals surface area contributed by atoms with Gasteiger partial charge >= 0.3 is 0 Å². The van der Waals surface area contributed by atoms with Crippen molar-refractivity contribution in [3.63, 3.8) is 0 Å². The first kappa shape index (κ1) is 12.7. The number of hydrogen-bond donors (Lipinski definition) is 1. The number of nitrogens with two attached hydrogens (primary N) is 1. The van der Waals surface area contributed by atoms with Crippen LogP contribution in [0, 0.1) is 6.92 Å². The molecule has 2 rings (SSSR count). The molecule has 0 fully saturated rings. The Labute approximate surface area is 108 Å². The quantitative estimate of drug-likeness (QED) is 0.894. The molecule has 0 radical (unpaired) electrons. The lowest BCUT2D eigenvalue weighted by molar-refractivity contribution is 0.600. The Morgan fingerprint density at radius 3 is 2.56 bits per heavy atom. The molecule has 3 nitrogen and oxygen atoms in total. The zero-order valence-electron chi connectivity index (χ0n) is 10.9. The maximum Gasteiger partial charge on any atom is 0.145 e. The lowest BCUT2D eigenvalue weighted by Gasteiger charge is -2.11. The predicted octanol–water partition coefficient (Wildman–Crippen LogP) is 3.25. The van der Waals surface area contributed by atoms with E-state index in [9.17, 15) is 0 Å².